The molecule has 0 radical (unpaired) electrons. The number of ether oxygens (including phenoxy) is 1. The number of nitrogens with zero attached hydrogens (tertiary/aromatic N) is 3. The first-order valence-electron chi connectivity index (χ1n) is 6.16. The summed E-state index contributed by atoms with van der Waals surface area (Å²) in [7, 11) is 0. The average molecular weight is 300 g/mol. The van der Waals surface area contributed by atoms with Crippen LogP contribution in [0.25, 0.3) is 0 Å². The fraction of sp³-hybridized carbons (Fsp3) is 0.636. The molecule has 2 amide bonds. The lowest BCUT2D eigenvalue weighted by Crippen LogP contribution is -2.64. The Morgan fingerprint density at radius 3 is 2.75 bits per heavy atom. The van der Waals surface area contributed by atoms with Crippen molar-refractivity contribution in [2.75, 3.05) is 25.0 Å². The van der Waals surface area contributed by atoms with Gasteiger partial charge < -0.3 is 14.7 Å². The number of carboxylic acid groups (broad SMARTS) is 1. The van der Waals surface area contributed by atoms with Gasteiger partial charge in [0.25, 0.3) is 0 Å². The monoisotopic (exact) mass is 300 g/mol. The highest BCUT2D eigenvalue weighted by molar-refractivity contribution is 7.15. The van der Waals surface area contributed by atoms with Gasteiger partial charge in [0.05, 0.1) is 13.1 Å². The highest BCUT2D eigenvalue weighted by atomic mass is 32.1. The molecule has 1 fully saturated rings. The second kappa shape index (κ2) is 5.71. The number of urea groups is 1. The molecule has 9 heteroatoms. The van der Waals surface area contributed by atoms with Crippen molar-refractivity contribution in [1.29, 1.82) is 0 Å². The zero-order chi connectivity index (χ0) is 14.8. The highest BCUT2D eigenvalue weighted by Crippen LogP contribution is 2.25. The Morgan fingerprint density at radius 1 is 1.50 bits per heavy atom. The largest absolute Gasteiger partial charge is 0.480 e. The van der Waals surface area contributed by atoms with Crippen molar-refractivity contribution in [2.24, 2.45) is 0 Å². The van der Waals surface area contributed by atoms with Crippen LogP contribution < -0.4 is 5.32 Å². The number of aliphatic carboxylic acids is 1. The van der Waals surface area contributed by atoms with Crippen molar-refractivity contribution in [1.82, 2.24) is 15.1 Å². The maximum atomic E-state index is 11.9. The summed E-state index contributed by atoms with van der Waals surface area (Å²) < 4.78 is 5.23. The summed E-state index contributed by atoms with van der Waals surface area (Å²) in [5, 5.41) is 20.3. The first-order valence-corrected chi connectivity index (χ1v) is 6.97. The van der Waals surface area contributed by atoms with Crippen LogP contribution in [-0.4, -0.2) is 57.5 Å². The van der Waals surface area contributed by atoms with E-state index < -0.39 is 11.6 Å². The normalized spacial score (nSPS) is 16.6. The lowest BCUT2D eigenvalue weighted by Gasteiger charge is -2.46. The van der Waals surface area contributed by atoms with E-state index in [1.54, 1.807) is 6.92 Å². The fourth-order valence-corrected chi connectivity index (χ4v) is 2.52. The molecule has 110 valence electrons. The van der Waals surface area contributed by atoms with E-state index >= 15 is 0 Å². The predicted octanol–water partition coefficient (Wildman–Crippen LogP) is 0.808. The van der Waals surface area contributed by atoms with Crippen molar-refractivity contribution in [3.63, 3.8) is 0 Å². The van der Waals surface area contributed by atoms with Crippen molar-refractivity contribution >= 4 is 28.5 Å². The lowest BCUT2D eigenvalue weighted by atomic mass is 9.97. The Morgan fingerprint density at radius 2 is 2.20 bits per heavy atom. The summed E-state index contributed by atoms with van der Waals surface area (Å²) in [6, 6.07) is -0.278. The van der Waals surface area contributed by atoms with Gasteiger partial charge in [-0.25, -0.2) is 9.59 Å². The Balaban J connectivity index is 1.80. The number of carbonyl (C=O) groups is 2. The first-order chi connectivity index (χ1) is 9.42. The molecule has 2 rings (SSSR count). The Bertz CT molecular complexity index is 512. The number of amides is 2. The van der Waals surface area contributed by atoms with Gasteiger partial charge in [-0.3, -0.25) is 5.32 Å². The van der Waals surface area contributed by atoms with E-state index in [2.05, 4.69) is 15.5 Å². The van der Waals surface area contributed by atoms with E-state index in [0.29, 0.717) is 18.2 Å². The summed E-state index contributed by atoms with van der Waals surface area (Å²) >= 11 is 1.34. The first kappa shape index (κ1) is 14.7. The molecule has 0 bridgehead atoms. The molecule has 8 nitrogen and oxygen atoms in total. The maximum absolute atomic E-state index is 11.9. The van der Waals surface area contributed by atoms with Crippen LogP contribution in [0.15, 0.2) is 0 Å². The van der Waals surface area contributed by atoms with Gasteiger partial charge in [-0.05, 0) is 13.3 Å². The van der Waals surface area contributed by atoms with Crippen molar-refractivity contribution < 1.29 is 19.4 Å². The maximum Gasteiger partial charge on any atom is 0.329 e. The fourth-order valence-electron chi connectivity index (χ4n) is 1.85. The molecule has 1 saturated heterocycles. The van der Waals surface area contributed by atoms with Crippen LogP contribution in [0.1, 0.15) is 18.9 Å². The number of carbonyl (C=O) groups excluding carboxylic acids is 1. The SMILES string of the molecule is CCc1nnc(NC(=O)N2CC(C)(OCC(=O)O)C2)s1. The number of anilines is 1. The molecular weight excluding hydrogens is 284 g/mol. The number of hydrogen-bond donors (Lipinski definition) is 2. The molecule has 1 aliphatic heterocycles. The lowest BCUT2D eigenvalue weighted by molar-refractivity contribution is -0.159. The molecule has 0 aliphatic carbocycles. The Hall–Kier alpha value is -1.74. The zero-order valence-corrected chi connectivity index (χ0v) is 12.1. The minimum absolute atomic E-state index is 0.278. The van der Waals surface area contributed by atoms with Gasteiger partial charge in [0.1, 0.15) is 17.2 Å². The van der Waals surface area contributed by atoms with Crippen LogP contribution in [0, 0.1) is 0 Å². The average Bonchev–Trinajstić information content (AvgIpc) is 2.80. The van der Waals surface area contributed by atoms with Crippen LogP contribution in [0.2, 0.25) is 0 Å². The third-order valence-corrected chi connectivity index (χ3v) is 3.85. The second-order valence-electron chi connectivity index (χ2n) is 4.77. The molecule has 2 heterocycles. The molecule has 0 unspecified atom stereocenters. The quantitative estimate of drug-likeness (QED) is 0.833. The molecule has 1 aliphatic rings. The third kappa shape index (κ3) is 3.42. The number of aromatic nitrogens is 2. The van der Waals surface area contributed by atoms with Crippen LogP contribution in [-0.2, 0) is 16.0 Å². The molecule has 1 aromatic heterocycles. The zero-order valence-electron chi connectivity index (χ0n) is 11.3. The van der Waals surface area contributed by atoms with Gasteiger partial charge in [0.15, 0.2) is 0 Å². The Labute approximate surface area is 119 Å². The van der Waals surface area contributed by atoms with E-state index in [9.17, 15) is 9.59 Å². The summed E-state index contributed by atoms with van der Waals surface area (Å²) in [6.45, 7) is 4.09. The van der Waals surface area contributed by atoms with E-state index in [1.807, 2.05) is 6.92 Å². The molecule has 2 N–H and O–H groups in total. The van der Waals surface area contributed by atoms with Crippen molar-refractivity contribution in [3.8, 4) is 0 Å². The van der Waals surface area contributed by atoms with Crippen LogP contribution >= 0.6 is 11.3 Å². The van der Waals surface area contributed by atoms with Gasteiger partial charge in [-0.1, -0.05) is 18.3 Å². The molecule has 0 spiro atoms. The van der Waals surface area contributed by atoms with E-state index in [4.69, 9.17) is 9.84 Å². The van der Waals surface area contributed by atoms with Crippen LogP contribution in [0.5, 0.6) is 0 Å². The minimum atomic E-state index is -1.02. The number of rotatable bonds is 5. The second-order valence-corrected chi connectivity index (χ2v) is 5.84. The topological polar surface area (TPSA) is 105 Å². The summed E-state index contributed by atoms with van der Waals surface area (Å²) in [5.74, 6) is -1.02. The van der Waals surface area contributed by atoms with Gasteiger partial charge >= 0.3 is 12.0 Å². The molecule has 1 aromatic rings. The minimum Gasteiger partial charge on any atom is -0.480 e. The van der Waals surface area contributed by atoms with Crippen molar-refractivity contribution in [2.45, 2.75) is 25.9 Å². The van der Waals surface area contributed by atoms with E-state index in [-0.39, 0.29) is 12.6 Å². The van der Waals surface area contributed by atoms with Crippen LogP contribution in [0.3, 0.4) is 0 Å². The number of hydrogen-bond acceptors (Lipinski definition) is 6. The smallest absolute Gasteiger partial charge is 0.329 e. The summed E-state index contributed by atoms with van der Waals surface area (Å²) in [5.41, 5.74) is -0.592. The van der Waals surface area contributed by atoms with Crippen LogP contribution in [0.4, 0.5) is 9.93 Å². The molecule has 0 saturated carbocycles. The number of likely N-dealkylation sites (tertiary alicyclic amines) is 1. The standard InChI is InChI=1S/C11H16N4O4S/c1-3-7-13-14-9(20-7)12-10(18)15-5-11(2,6-15)19-4-8(16)17/h3-6H2,1-2H3,(H,16,17)(H,12,14,18). The summed E-state index contributed by atoms with van der Waals surface area (Å²) in [6.07, 6.45) is 0.776. The molecular formula is C11H16N4O4S. The van der Waals surface area contributed by atoms with Gasteiger partial charge in [0, 0.05) is 0 Å². The van der Waals surface area contributed by atoms with Gasteiger partial charge in [-0.15, -0.1) is 10.2 Å². The van der Waals surface area contributed by atoms with Crippen molar-refractivity contribution in [3.05, 3.63) is 5.01 Å². The Kier molecular flexibility index (Phi) is 4.19. The van der Waals surface area contributed by atoms with E-state index in [1.165, 1.54) is 16.2 Å². The van der Waals surface area contributed by atoms with E-state index in [0.717, 1.165) is 11.4 Å². The molecule has 20 heavy (non-hydrogen) atoms. The number of carboxylic acids is 1. The highest BCUT2D eigenvalue weighted by Gasteiger charge is 2.43. The summed E-state index contributed by atoms with van der Waals surface area (Å²) in [4.78, 5) is 23.9. The number of nitrogens with one attached hydrogen (secondary N) is 1. The number of aryl methyl sites for hydroxylation is 1. The van der Waals surface area contributed by atoms with Gasteiger partial charge in [0.2, 0.25) is 5.13 Å². The molecule has 0 atom stereocenters. The van der Waals surface area contributed by atoms with Gasteiger partial charge in [-0.2, -0.15) is 0 Å². The molecule has 0 aromatic carbocycles. The third-order valence-electron chi connectivity index (χ3n) is 2.87. The predicted molar refractivity (Wildman–Crippen MR) is 71.9 cm³/mol.